The van der Waals surface area contributed by atoms with Gasteiger partial charge in [-0.1, -0.05) is 40.5 Å². The first-order chi connectivity index (χ1) is 9.11. The van der Waals surface area contributed by atoms with Crippen LogP contribution in [-0.4, -0.2) is 6.54 Å². The van der Waals surface area contributed by atoms with Crippen molar-refractivity contribution < 1.29 is 0 Å². The van der Waals surface area contributed by atoms with Gasteiger partial charge in [0.05, 0.1) is 6.04 Å². The monoisotopic (exact) mass is 357 g/mol. The molecule has 102 valence electrons. The summed E-state index contributed by atoms with van der Waals surface area (Å²) in [5.74, 6) is 0. The largest absolute Gasteiger partial charge is 0.306 e. The van der Waals surface area contributed by atoms with Gasteiger partial charge in [-0.05, 0) is 54.6 Å². The normalized spacial score (nSPS) is 12.6. The van der Waals surface area contributed by atoms with Gasteiger partial charge < -0.3 is 5.32 Å². The second-order valence-corrected chi connectivity index (χ2v) is 6.98. The van der Waals surface area contributed by atoms with Crippen LogP contribution in [-0.2, 0) is 0 Å². The lowest BCUT2D eigenvalue weighted by Crippen LogP contribution is -2.23. The molecule has 0 radical (unpaired) electrons. The highest BCUT2D eigenvalue weighted by Gasteiger charge is 2.17. The SMILES string of the molecule is CCCNC(c1csc(C)c1)c1ccc(Br)cc1Cl. The molecule has 0 bridgehead atoms. The van der Waals surface area contributed by atoms with E-state index in [1.165, 1.54) is 10.4 Å². The maximum absolute atomic E-state index is 6.39. The van der Waals surface area contributed by atoms with Gasteiger partial charge in [-0.2, -0.15) is 0 Å². The van der Waals surface area contributed by atoms with Gasteiger partial charge >= 0.3 is 0 Å². The Kier molecular flexibility index (Phi) is 5.46. The number of aryl methyl sites for hydroxylation is 1. The Balaban J connectivity index is 2.36. The summed E-state index contributed by atoms with van der Waals surface area (Å²) in [7, 11) is 0. The van der Waals surface area contributed by atoms with Crippen LogP contribution in [0.25, 0.3) is 0 Å². The third-order valence-electron chi connectivity index (χ3n) is 2.96. The molecule has 0 aliphatic rings. The van der Waals surface area contributed by atoms with Crippen molar-refractivity contribution >= 4 is 38.9 Å². The summed E-state index contributed by atoms with van der Waals surface area (Å²) < 4.78 is 1.01. The minimum absolute atomic E-state index is 0.172. The van der Waals surface area contributed by atoms with Crippen molar-refractivity contribution in [3.8, 4) is 0 Å². The Morgan fingerprint density at radius 1 is 1.37 bits per heavy atom. The molecular formula is C15H17BrClNS. The number of hydrogen-bond acceptors (Lipinski definition) is 2. The fraction of sp³-hybridized carbons (Fsp3) is 0.333. The molecule has 2 rings (SSSR count). The lowest BCUT2D eigenvalue weighted by Gasteiger charge is -2.19. The van der Waals surface area contributed by atoms with Gasteiger partial charge in [0.2, 0.25) is 0 Å². The first kappa shape index (κ1) is 15.0. The van der Waals surface area contributed by atoms with E-state index in [9.17, 15) is 0 Å². The Hall–Kier alpha value is -0.350. The smallest absolute Gasteiger partial charge is 0.0599 e. The van der Waals surface area contributed by atoms with Crippen molar-refractivity contribution in [3.05, 3.63) is 55.1 Å². The maximum Gasteiger partial charge on any atom is 0.0599 e. The second kappa shape index (κ2) is 6.89. The summed E-state index contributed by atoms with van der Waals surface area (Å²) in [6.45, 7) is 5.28. The van der Waals surface area contributed by atoms with E-state index in [1.807, 2.05) is 12.1 Å². The Morgan fingerprint density at radius 3 is 2.74 bits per heavy atom. The minimum Gasteiger partial charge on any atom is -0.306 e. The van der Waals surface area contributed by atoms with E-state index in [2.05, 4.69) is 52.6 Å². The molecule has 0 fully saturated rings. The van der Waals surface area contributed by atoms with Crippen LogP contribution in [0.3, 0.4) is 0 Å². The molecule has 1 aromatic heterocycles. The first-order valence-electron chi connectivity index (χ1n) is 6.35. The Labute approximate surface area is 132 Å². The Morgan fingerprint density at radius 2 is 2.16 bits per heavy atom. The zero-order valence-corrected chi connectivity index (χ0v) is 14.2. The molecule has 0 aliphatic heterocycles. The summed E-state index contributed by atoms with van der Waals surface area (Å²) in [5.41, 5.74) is 2.43. The van der Waals surface area contributed by atoms with Crippen LogP contribution >= 0.6 is 38.9 Å². The van der Waals surface area contributed by atoms with Crippen molar-refractivity contribution in [2.24, 2.45) is 0 Å². The average Bonchev–Trinajstić information content (AvgIpc) is 2.78. The molecule has 2 aromatic rings. The highest BCUT2D eigenvalue weighted by Crippen LogP contribution is 2.32. The third kappa shape index (κ3) is 3.82. The first-order valence-corrected chi connectivity index (χ1v) is 8.40. The fourth-order valence-electron chi connectivity index (χ4n) is 2.05. The predicted molar refractivity (Wildman–Crippen MR) is 88.3 cm³/mol. The number of nitrogens with one attached hydrogen (secondary N) is 1. The maximum atomic E-state index is 6.39. The zero-order valence-electron chi connectivity index (χ0n) is 11.0. The summed E-state index contributed by atoms with van der Waals surface area (Å²) in [6.07, 6.45) is 1.10. The number of benzene rings is 1. The van der Waals surface area contributed by atoms with Crippen LogP contribution in [0.4, 0.5) is 0 Å². The van der Waals surface area contributed by atoms with Crippen LogP contribution < -0.4 is 5.32 Å². The van der Waals surface area contributed by atoms with Crippen LogP contribution in [0.15, 0.2) is 34.1 Å². The molecule has 1 nitrogen and oxygen atoms in total. The van der Waals surface area contributed by atoms with E-state index < -0.39 is 0 Å². The molecule has 0 spiro atoms. The van der Waals surface area contributed by atoms with E-state index in [0.717, 1.165) is 28.0 Å². The van der Waals surface area contributed by atoms with Crippen molar-refractivity contribution in [1.29, 1.82) is 0 Å². The Bertz CT molecular complexity index is 553. The number of thiophene rings is 1. The van der Waals surface area contributed by atoms with E-state index in [1.54, 1.807) is 11.3 Å². The van der Waals surface area contributed by atoms with Crippen LogP contribution in [0, 0.1) is 6.92 Å². The lowest BCUT2D eigenvalue weighted by atomic mass is 10.0. The predicted octanol–water partition coefficient (Wildman–Crippen LogP) is 5.56. The van der Waals surface area contributed by atoms with Gasteiger partial charge in [0, 0.05) is 14.4 Å². The van der Waals surface area contributed by atoms with Crippen LogP contribution in [0.1, 0.15) is 35.4 Å². The summed E-state index contributed by atoms with van der Waals surface area (Å²) in [4.78, 5) is 1.33. The molecule has 0 amide bonds. The topological polar surface area (TPSA) is 12.0 Å². The number of halogens is 2. The van der Waals surface area contributed by atoms with Crippen LogP contribution in [0.5, 0.6) is 0 Å². The van der Waals surface area contributed by atoms with Crippen LogP contribution in [0.2, 0.25) is 5.02 Å². The molecule has 0 saturated heterocycles. The van der Waals surface area contributed by atoms with Crippen molar-refractivity contribution in [2.75, 3.05) is 6.54 Å². The van der Waals surface area contributed by atoms with Gasteiger partial charge in [-0.25, -0.2) is 0 Å². The molecule has 1 atom stereocenters. The van der Waals surface area contributed by atoms with Gasteiger partial charge in [0.25, 0.3) is 0 Å². The molecule has 1 aromatic carbocycles. The molecular weight excluding hydrogens is 342 g/mol. The van der Waals surface area contributed by atoms with Gasteiger partial charge in [0.15, 0.2) is 0 Å². The molecule has 0 aliphatic carbocycles. The fourth-order valence-corrected chi connectivity index (χ4v) is 3.56. The second-order valence-electron chi connectivity index (χ2n) is 4.54. The highest BCUT2D eigenvalue weighted by molar-refractivity contribution is 9.10. The van der Waals surface area contributed by atoms with E-state index in [4.69, 9.17) is 11.6 Å². The minimum atomic E-state index is 0.172. The number of rotatable bonds is 5. The quantitative estimate of drug-likeness (QED) is 0.737. The van der Waals surface area contributed by atoms with Gasteiger partial charge in [0.1, 0.15) is 0 Å². The average molecular weight is 359 g/mol. The highest BCUT2D eigenvalue weighted by atomic mass is 79.9. The lowest BCUT2D eigenvalue weighted by molar-refractivity contribution is 0.600. The standard InChI is InChI=1S/C15H17BrClNS/c1-3-6-18-15(11-7-10(2)19-9-11)13-5-4-12(16)8-14(13)17/h4-5,7-9,15,18H,3,6H2,1-2H3. The molecule has 19 heavy (non-hydrogen) atoms. The van der Waals surface area contributed by atoms with Crippen molar-refractivity contribution in [2.45, 2.75) is 26.3 Å². The van der Waals surface area contributed by atoms with Gasteiger partial charge in [-0.3, -0.25) is 0 Å². The third-order valence-corrected chi connectivity index (χ3v) is 4.66. The summed E-state index contributed by atoms with van der Waals surface area (Å²) in [5, 5.41) is 6.59. The van der Waals surface area contributed by atoms with E-state index in [-0.39, 0.29) is 6.04 Å². The van der Waals surface area contributed by atoms with Crippen molar-refractivity contribution in [1.82, 2.24) is 5.32 Å². The summed E-state index contributed by atoms with van der Waals surface area (Å²) in [6, 6.07) is 8.49. The number of hydrogen-bond donors (Lipinski definition) is 1. The van der Waals surface area contributed by atoms with Crippen molar-refractivity contribution in [3.63, 3.8) is 0 Å². The molecule has 0 saturated carbocycles. The van der Waals surface area contributed by atoms with E-state index >= 15 is 0 Å². The molecule has 1 N–H and O–H groups in total. The molecule has 1 unspecified atom stereocenters. The van der Waals surface area contributed by atoms with E-state index in [0.29, 0.717) is 0 Å². The summed E-state index contributed by atoms with van der Waals surface area (Å²) >= 11 is 11.6. The molecule has 1 heterocycles. The van der Waals surface area contributed by atoms with Gasteiger partial charge in [-0.15, -0.1) is 11.3 Å². The zero-order chi connectivity index (χ0) is 13.8. The molecule has 4 heteroatoms.